The minimum absolute atomic E-state index is 0.200. The largest absolute Gasteiger partial charge is 0.279 e. The van der Waals surface area contributed by atoms with Gasteiger partial charge >= 0.3 is 0 Å². The van der Waals surface area contributed by atoms with Crippen molar-refractivity contribution in [2.75, 3.05) is 13.1 Å². The molecule has 5 heteroatoms. The molecule has 1 atom stereocenters. The highest BCUT2D eigenvalue weighted by molar-refractivity contribution is 7.87. The minimum atomic E-state index is -3.34. The van der Waals surface area contributed by atoms with Crippen molar-refractivity contribution in [2.45, 2.75) is 39.2 Å². The van der Waals surface area contributed by atoms with Crippen molar-refractivity contribution in [1.29, 1.82) is 0 Å². The molecular formula is C11H20N2O2S. The summed E-state index contributed by atoms with van der Waals surface area (Å²) in [4.78, 5) is 0. The van der Waals surface area contributed by atoms with Crippen LogP contribution in [0.1, 0.15) is 33.1 Å². The molecule has 0 aromatic heterocycles. The fraction of sp³-hybridized carbons (Fsp3) is 0.818. The van der Waals surface area contributed by atoms with Gasteiger partial charge < -0.3 is 0 Å². The molecule has 0 bridgehead atoms. The van der Waals surface area contributed by atoms with E-state index in [-0.39, 0.29) is 6.04 Å². The summed E-state index contributed by atoms with van der Waals surface area (Å²) in [6, 6.07) is -0.200. The molecule has 1 aliphatic heterocycles. The first kappa shape index (κ1) is 13.5. The van der Waals surface area contributed by atoms with E-state index in [0.717, 1.165) is 12.8 Å². The Morgan fingerprint density at radius 1 is 1.50 bits per heavy atom. The van der Waals surface area contributed by atoms with Crippen molar-refractivity contribution in [3.05, 3.63) is 0 Å². The maximum Gasteiger partial charge on any atom is 0.279 e. The van der Waals surface area contributed by atoms with Crippen LogP contribution < -0.4 is 4.72 Å². The molecule has 0 saturated carbocycles. The van der Waals surface area contributed by atoms with E-state index in [1.54, 1.807) is 6.92 Å². The minimum Gasteiger partial charge on any atom is -0.198 e. The molecule has 1 N–H and O–H groups in total. The molecular weight excluding hydrogens is 224 g/mol. The van der Waals surface area contributed by atoms with E-state index >= 15 is 0 Å². The smallest absolute Gasteiger partial charge is 0.198 e. The number of nitrogens with zero attached hydrogens (tertiary/aromatic N) is 1. The molecule has 0 aromatic carbocycles. The van der Waals surface area contributed by atoms with E-state index in [4.69, 9.17) is 6.42 Å². The van der Waals surface area contributed by atoms with Gasteiger partial charge in [-0.3, -0.25) is 0 Å². The highest BCUT2D eigenvalue weighted by Crippen LogP contribution is 2.18. The van der Waals surface area contributed by atoms with E-state index in [2.05, 4.69) is 17.6 Å². The molecule has 1 heterocycles. The summed E-state index contributed by atoms with van der Waals surface area (Å²) in [6.07, 6.45) is 7.44. The van der Waals surface area contributed by atoms with E-state index in [1.165, 1.54) is 4.31 Å². The lowest BCUT2D eigenvalue weighted by molar-refractivity contribution is 0.284. The number of hydrogen-bond acceptors (Lipinski definition) is 2. The molecule has 1 unspecified atom stereocenters. The van der Waals surface area contributed by atoms with Crippen molar-refractivity contribution in [3.63, 3.8) is 0 Å². The van der Waals surface area contributed by atoms with Crippen LogP contribution in [0.2, 0.25) is 0 Å². The van der Waals surface area contributed by atoms with Gasteiger partial charge in [-0.1, -0.05) is 6.92 Å². The Bertz CT molecular complexity index is 351. The Morgan fingerprint density at radius 2 is 2.06 bits per heavy atom. The van der Waals surface area contributed by atoms with Crippen molar-refractivity contribution in [2.24, 2.45) is 5.92 Å². The molecule has 16 heavy (non-hydrogen) atoms. The van der Waals surface area contributed by atoms with Gasteiger partial charge in [-0.2, -0.15) is 17.4 Å². The summed E-state index contributed by atoms with van der Waals surface area (Å²) < 4.78 is 28.0. The van der Waals surface area contributed by atoms with E-state index < -0.39 is 10.2 Å². The number of nitrogens with one attached hydrogen (secondary N) is 1. The van der Waals surface area contributed by atoms with Gasteiger partial charge in [0.05, 0.1) is 0 Å². The van der Waals surface area contributed by atoms with Crippen molar-refractivity contribution in [3.8, 4) is 12.3 Å². The van der Waals surface area contributed by atoms with Crippen molar-refractivity contribution in [1.82, 2.24) is 9.03 Å². The summed E-state index contributed by atoms with van der Waals surface area (Å²) >= 11 is 0. The molecule has 1 aliphatic rings. The van der Waals surface area contributed by atoms with Gasteiger partial charge in [0.1, 0.15) is 0 Å². The summed E-state index contributed by atoms with van der Waals surface area (Å²) in [5, 5.41) is 0. The Morgan fingerprint density at radius 3 is 2.56 bits per heavy atom. The first-order valence-electron chi connectivity index (χ1n) is 5.66. The first-order chi connectivity index (χ1) is 7.45. The van der Waals surface area contributed by atoms with Crippen LogP contribution in [0.15, 0.2) is 0 Å². The predicted molar refractivity (Wildman–Crippen MR) is 64.9 cm³/mol. The van der Waals surface area contributed by atoms with Crippen LogP contribution in [0.4, 0.5) is 0 Å². The third-order valence-electron chi connectivity index (χ3n) is 2.86. The van der Waals surface area contributed by atoms with Crippen molar-refractivity contribution >= 4 is 10.2 Å². The average Bonchev–Trinajstić information content (AvgIpc) is 2.17. The molecule has 0 amide bonds. The quantitative estimate of drug-likeness (QED) is 0.749. The molecule has 1 fully saturated rings. The number of terminal acetylenes is 1. The summed E-state index contributed by atoms with van der Waals surface area (Å²) in [5.41, 5.74) is 0. The second-order valence-electron chi connectivity index (χ2n) is 4.51. The average molecular weight is 244 g/mol. The molecule has 0 spiro atoms. The molecule has 1 saturated heterocycles. The topological polar surface area (TPSA) is 49.4 Å². The van der Waals surface area contributed by atoms with Crippen LogP contribution in [0.25, 0.3) is 0 Å². The maximum atomic E-state index is 11.9. The summed E-state index contributed by atoms with van der Waals surface area (Å²) in [6.45, 7) is 5.15. The van der Waals surface area contributed by atoms with Crippen LogP contribution >= 0.6 is 0 Å². The predicted octanol–water partition coefficient (Wildman–Crippen LogP) is 0.964. The molecule has 0 radical (unpaired) electrons. The van der Waals surface area contributed by atoms with E-state index in [0.29, 0.717) is 25.4 Å². The lowest BCUT2D eigenvalue weighted by Gasteiger charge is -2.30. The van der Waals surface area contributed by atoms with Crippen LogP contribution in [-0.4, -0.2) is 31.9 Å². The fourth-order valence-corrected chi connectivity index (χ4v) is 3.20. The monoisotopic (exact) mass is 244 g/mol. The summed E-state index contributed by atoms with van der Waals surface area (Å²) in [7, 11) is -3.34. The zero-order chi connectivity index (χ0) is 12.2. The van der Waals surface area contributed by atoms with Gasteiger partial charge in [-0.15, -0.1) is 12.3 Å². The van der Waals surface area contributed by atoms with Gasteiger partial charge in [0.25, 0.3) is 10.2 Å². The zero-order valence-corrected chi connectivity index (χ0v) is 10.8. The number of rotatable bonds is 4. The fourth-order valence-electron chi connectivity index (χ4n) is 1.77. The number of piperidine rings is 1. The van der Waals surface area contributed by atoms with Gasteiger partial charge in [0.15, 0.2) is 0 Å². The lowest BCUT2D eigenvalue weighted by Crippen LogP contribution is -2.47. The highest BCUT2D eigenvalue weighted by Gasteiger charge is 2.27. The Hall–Kier alpha value is -0.570. The molecule has 0 aliphatic carbocycles. The van der Waals surface area contributed by atoms with Crippen LogP contribution in [-0.2, 0) is 10.2 Å². The lowest BCUT2D eigenvalue weighted by atomic mass is 10.0. The van der Waals surface area contributed by atoms with Crippen molar-refractivity contribution < 1.29 is 8.42 Å². The second kappa shape index (κ2) is 5.67. The standard InChI is InChI=1S/C11H20N2O2S/c1-4-5-11(3)12-16(14,15)13-8-6-10(2)7-9-13/h1,10-12H,5-9H2,2-3H3. The van der Waals surface area contributed by atoms with Crippen LogP contribution in [0.3, 0.4) is 0 Å². The zero-order valence-electron chi connectivity index (χ0n) is 9.94. The van der Waals surface area contributed by atoms with Crippen LogP contribution in [0, 0.1) is 18.3 Å². The van der Waals surface area contributed by atoms with Gasteiger partial charge in [-0.05, 0) is 25.7 Å². The first-order valence-corrected chi connectivity index (χ1v) is 7.10. The third kappa shape index (κ3) is 3.78. The Kier molecular flexibility index (Phi) is 4.78. The third-order valence-corrected chi connectivity index (χ3v) is 4.60. The van der Waals surface area contributed by atoms with Gasteiger partial charge in [0.2, 0.25) is 0 Å². The molecule has 1 rings (SSSR count). The second-order valence-corrected chi connectivity index (χ2v) is 6.22. The highest BCUT2D eigenvalue weighted by atomic mass is 32.2. The van der Waals surface area contributed by atoms with Crippen LogP contribution in [0.5, 0.6) is 0 Å². The SMILES string of the molecule is C#CCC(C)NS(=O)(=O)N1CCC(C)CC1. The molecule has 92 valence electrons. The Labute approximate surface area is 98.6 Å². The van der Waals surface area contributed by atoms with Gasteiger partial charge in [0, 0.05) is 25.6 Å². The number of hydrogen-bond donors (Lipinski definition) is 1. The van der Waals surface area contributed by atoms with E-state index in [9.17, 15) is 8.42 Å². The Balaban J connectivity index is 2.54. The molecule has 4 nitrogen and oxygen atoms in total. The van der Waals surface area contributed by atoms with Gasteiger partial charge in [-0.25, -0.2) is 0 Å². The van der Waals surface area contributed by atoms with E-state index in [1.807, 2.05) is 0 Å². The maximum absolute atomic E-state index is 11.9. The normalized spacial score (nSPS) is 21.6. The molecule has 0 aromatic rings. The summed E-state index contributed by atoms with van der Waals surface area (Å²) in [5.74, 6) is 3.07.